The quantitative estimate of drug-likeness (QED) is 0.450. The van der Waals surface area contributed by atoms with Gasteiger partial charge in [0, 0.05) is 24.8 Å². The third kappa shape index (κ3) is 7.07. The SMILES string of the molecule is O=C(CN1CC(c2nc(-c3cccc(C(F)(F)F)c3)no2)C1)Nc1cccnc1.O=C(O)C(=O)O. The molecular weight excluding hydrogens is 475 g/mol. The third-order valence-corrected chi connectivity index (χ3v) is 4.69. The molecule has 1 aliphatic rings. The van der Waals surface area contributed by atoms with Crippen molar-refractivity contribution in [2.24, 2.45) is 0 Å². The average molecular weight is 493 g/mol. The summed E-state index contributed by atoms with van der Waals surface area (Å²) >= 11 is 0. The Labute approximate surface area is 195 Å². The lowest BCUT2D eigenvalue weighted by Gasteiger charge is -2.36. The van der Waals surface area contributed by atoms with Crippen LogP contribution in [0.4, 0.5) is 18.9 Å². The molecule has 0 aliphatic carbocycles. The standard InChI is InChI=1S/C19H16F3N5O2.C2H2O4/c20-19(21,22)14-4-1-3-12(7-14)17-25-18(29-26-17)13-9-27(10-13)11-16(28)24-15-5-2-6-23-8-15;3-1(4)2(5)6/h1-8,13H,9-11H2,(H,24,28);(H,3,4)(H,5,6). The maximum Gasteiger partial charge on any atom is 0.416 e. The Hall–Kier alpha value is -4.33. The fourth-order valence-corrected chi connectivity index (χ4v) is 3.05. The molecule has 1 fully saturated rings. The van der Waals surface area contributed by atoms with Crippen LogP contribution in [-0.4, -0.2) is 67.7 Å². The Balaban J connectivity index is 0.000000509. The number of hydrogen-bond donors (Lipinski definition) is 3. The molecule has 1 aromatic carbocycles. The van der Waals surface area contributed by atoms with E-state index < -0.39 is 23.7 Å². The monoisotopic (exact) mass is 493 g/mol. The van der Waals surface area contributed by atoms with E-state index in [0.717, 1.165) is 12.1 Å². The Morgan fingerprint density at radius 2 is 1.83 bits per heavy atom. The highest BCUT2D eigenvalue weighted by Gasteiger charge is 2.34. The number of hydrogen-bond acceptors (Lipinski definition) is 8. The minimum Gasteiger partial charge on any atom is -0.473 e. The Morgan fingerprint density at radius 3 is 2.43 bits per heavy atom. The van der Waals surface area contributed by atoms with Crippen LogP contribution in [0.15, 0.2) is 53.3 Å². The van der Waals surface area contributed by atoms with Crippen LogP contribution in [0.2, 0.25) is 0 Å². The molecule has 3 aromatic rings. The zero-order chi connectivity index (χ0) is 25.6. The van der Waals surface area contributed by atoms with Crippen LogP contribution < -0.4 is 5.32 Å². The number of rotatable bonds is 5. The summed E-state index contributed by atoms with van der Waals surface area (Å²) in [5, 5.41) is 21.3. The first-order valence-corrected chi connectivity index (χ1v) is 9.92. The second-order valence-corrected chi connectivity index (χ2v) is 7.33. The molecule has 1 aliphatic heterocycles. The second-order valence-electron chi connectivity index (χ2n) is 7.33. The van der Waals surface area contributed by atoms with Crippen LogP contribution in [0.1, 0.15) is 17.4 Å². The molecule has 11 nitrogen and oxygen atoms in total. The van der Waals surface area contributed by atoms with Gasteiger partial charge in [0.25, 0.3) is 0 Å². The number of carboxylic acids is 2. The molecule has 3 N–H and O–H groups in total. The molecule has 0 spiro atoms. The van der Waals surface area contributed by atoms with Gasteiger partial charge in [0.2, 0.25) is 17.6 Å². The number of aliphatic carboxylic acids is 2. The number of carbonyl (C=O) groups is 3. The summed E-state index contributed by atoms with van der Waals surface area (Å²) in [4.78, 5) is 40.3. The molecule has 0 saturated carbocycles. The highest BCUT2D eigenvalue weighted by Crippen LogP contribution is 2.32. The molecular formula is C21H18F3N5O6. The van der Waals surface area contributed by atoms with Crippen molar-refractivity contribution in [3.63, 3.8) is 0 Å². The highest BCUT2D eigenvalue weighted by molar-refractivity contribution is 6.27. The van der Waals surface area contributed by atoms with E-state index in [2.05, 4.69) is 20.4 Å². The van der Waals surface area contributed by atoms with Gasteiger partial charge in [-0.25, -0.2) is 9.59 Å². The van der Waals surface area contributed by atoms with Crippen LogP contribution in [0.25, 0.3) is 11.4 Å². The van der Waals surface area contributed by atoms with Crippen molar-refractivity contribution in [2.75, 3.05) is 25.0 Å². The number of likely N-dealkylation sites (tertiary alicyclic amines) is 1. The summed E-state index contributed by atoms with van der Waals surface area (Å²) in [5.74, 6) is -3.41. The number of benzene rings is 1. The zero-order valence-electron chi connectivity index (χ0n) is 17.8. The molecule has 0 bridgehead atoms. The van der Waals surface area contributed by atoms with Gasteiger partial charge in [0.15, 0.2) is 0 Å². The van der Waals surface area contributed by atoms with Gasteiger partial charge >= 0.3 is 18.1 Å². The van der Waals surface area contributed by atoms with E-state index in [-0.39, 0.29) is 29.8 Å². The number of pyridine rings is 1. The molecule has 2 aromatic heterocycles. The molecule has 0 atom stereocenters. The molecule has 4 rings (SSSR count). The van der Waals surface area contributed by atoms with Gasteiger partial charge in [-0.2, -0.15) is 18.2 Å². The lowest BCUT2D eigenvalue weighted by molar-refractivity contribution is -0.159. The summed E-state index contributed by atoms with van der Waals surface area (Å²) in [7, 11) is 0. The molecule has 1 amide bonds. The molecule has 0 unspecified atom stereocenters. The Kier molecular flexibility index (Phi) is 7.76. The number of amides is 1. The maximum absolute atomic E-state index is 12.9. The number of anilines is 1. The molecule has 35 heavy (non-hydrogen) atoms. The van der Waals surface area contributed by atoms with Gasteiger partial charge < -0.3 is 20.1 Å². The van der Waals surface area contributed by atoms with Gasteiger partial charge in [-0.05, 0) is 24.3 Å². The van der Waals surface area contributed by atoms with Crippen molar-refractivity contribution < 1.29 is 42.3 Å². The van der Waals surface area contributed by atoms with Gasteiger partial charge in [0.05, 0.1) is 29.9 Å². The van der Waals surface area contributed by atoms with E-state index in [1.807, 2.05) is 4.90 Å². The number of carbonyl (C=O) groups excluding carboxylic acids is 1. The van der Waals surface area contributed by atoms with Crippen LogP contribution in [0.3, 0.4) is 0 Å². The van der Waals surface area contributed by atoms with E-state index in [4.69, 9.17) is 24.3 Å². The van der Waals surface area contributed by atoms with Crippen molar-refractivity contribution in [2.45, 2.75) is 12.1 Å². The van der Waals surface area contributed by atoms with E-state index in [1.54, 1.807) is 24.5 Å². The van der Waals surface area contributed by atoms with E-state index in [1.165, 1.54) is 12.1 Å². The average Bonchev–Trinajstić information content (AvgIpc) is 3.26. The molecule has 184 valence electrons. The number of aromatic nitrogens is 3. The third-order valence-electron chi connectivity index (χ3n) is 4.69. The lowest BCUT2D eigenvalue weighted by Crippen LogP contribution is -2.48. The van der Waals surface area contributed by atoms with E-state index >= 15 is 0 Å². The van der Waals surface area contributed by atoms with Crippen molar-refractivity contribution >= 4 is 23.5 Å². The predicted octanol–water partition coefficient (Wildman–Crippen LogP) is 2.34. The summed E-state index contributed by atoms with van der Waals surface area (Å²) in [6, 6.07) is 8.26. The molecule has 14 heteroatoms. The number of carboxylic acid groups (broad SMARTS) is 2. The van der Waals surface area contributed by atoms with Gasteiger partial charge in [-0.1, -0.05) is 17.3 Å². The Morgan fingerprint density at radius 1 is 1.11 bits per heavy atom. The van der Waals surface area contributed by atoms with Crippen LogP contribution in [0, 0.1) is 0 Å². The second kappa shape index (κ2) is 10.7. The van der Waals surface area contributed by atoms with E-state index in [9.17, 15) is 18.0 Å². The number of halogens is 3. The van der Waals surface area contributed by atoms with Crippen molar-refractivity contribution in [3.8, 4) is 11.4 Å². The minimum atomic E-state index is -4.44. The smallest absolute Gasteiger partial charge is 0.416 e. The Bertz CT molecular complexity index is 1180. The van der Waals surface area contributed by atoms with Crippen molar-refractivity contribution in [1.82, 2.24) is 20.0 Å². The van der Waals surface area contributed by atoms with Crippen LogP contribution in [0.5, 0.6) is 0 Å². The first kappa shape index (κ1) is 25.3. The van der Waals surface area contributed by atoms with Crippen LogP contribution >= 0.6 is 0 Å². The number of alkyl halides is 3. The van der Waals surface area contributed by atoms with Crippen molar-refractivity contribution in [3.05, 3.63) is 60.2 Å². The van der Waals surface area contributed by atoms with Gasteiger partial charge in [0.1, 0.15) is 0 Å². The lowest BCUT2D eigenvalue weighted by atomic mass is 10.0. The number of nitrogens with zero attached hydrogens (tertiary/aromatic N) is 4. The number of nitrogens with one attached hydrogen (secondary N) is 1. The first-order valence-electron chi connectivity index (χ1n) is 9.92. The molecule has 1 saturated heterocycles. The van der Waals surface area contributed by atoms with E-state index in [0.29, 0.717) is 24.7 Å². The topological polar surface area (TPSA) is 159 Å². The van der Waals surface area contributed by atoms with Crippen molar-refractivity contribution in [1.29, 1.82) is 0 Å². The molecule has 3 heterocycles. The van der Waals surface area contributed by atoms with Gasteiger partial charge in [-0.15, -0.1) is 0 Å². The fourth-order valence-electron chi connectivity index (χ4n) is 3.05. The maximum atomic E-state index is 12.9. The van der Waals surface area contributed by atoms with Crippen LogP contribution in [-0.2, 0) is 20.6 Å². The minimum absolute atomic E-state index is 0.0618. The summed E-state index contributed by atoms with van der Waals surface area (Å²) in [6.07, 6.45) is -1.26. The summed E-state index contributed by atoms with van der Waals surface area (Å²) in [5.41, 5.74) is 0.0925. The molecule has 0 radical (unpaired) electrons. The summed E-state index contributed by atoms with van der Waals surface area (Å²) < 4.78 is 43.8. The summed E-state index contributed by atoms with van der Waals surface area (Å²) in [6.45, 7) is 1.30. The first-order chi connectivity index (χ1) is 16.5. The largest absolute Gasteiger partial charge is 0.473 e. The zero-order valence-corrected chi connectivity index (χ0v) is 17.8. The highest BCUT2D eigenvalue weighted by atomic mass is 19.4. The van der Waals surface area contributed by atoms with Gasteiger partial charge in [-0.3, -0.25) is 14.7 Å². The normalized spacial score (nSPS) is 13.8. The fraction of sp³-hybridized carbons (Fsp3) is 0.238. The predicted molar refractivity (Wildman–Crippen MR) is 112 cm³/mol.